The first-order valence-electron chi connectivity index (χ1n) is 12.0. The molecule has 3 atom stereocenters. The van der Waals surface area contributed by atoms with Gasteiger partial charge in [0, 0.05) is 43.7 Å². The average Bonchev–Trinajstić information content (AvgIpc) is 3.25. The number of piperidine rings is 3. The minimum absolute atomic E-state index is 0. The Morgan fingerprint density at radius 1 is 1.11 bits per heavy atom. The van der Waals surface area contributed by atoms with Gasteiger partial charge >= 0.3 is 12.0 Å². The predicted octanol–water partition coefficient (Wildman–Crippen LogP) is 0.488. The van der Waals surface area contributed by atoms with Gasteiger partial charge in [0.1, 0.15) is 6.54 Å². The molecule has 2 bridgehead atoms. The molecule has 2 aromatic rings. The minimum Gasteiger partial charge on any atom is -1.00 e. The number of fused-ring (bicyclic) bond motifs is 3. The van der Waals surface area contributed by atoms with Gasteiger partial charge in [-0.2, -0.15) is 5.10 Å². The molecule has 2 unspecified atom stereocenters. The Hall–Kier alpha value is -2.50. The Kier molecular flexibility index (Phi) is 7.45. The van der Waals surface area contributed by atoms with Crippen molar-refractivity contribution in [3.8, 4) is 0 Å². The van der Waals surface area contributed by atoms with E-state index < -0.39 is 35.9 Å². The molecular formula is C25H29BrF2N4O4. The summed E-state index contributed by atoms with van der Waals surface area (Å²) in [5, 5.41) is 22.1. The monoisotopic (exact) mass is 566 g/mol. The van der Waals surface area contributed by atoms with E-state index in [0.29, 0.717) is 31.7 Å². The highest BCUT2D eigenvalue weighted by Gasteiger charge is 2.57. The summed E-state index contributed by atoms with van der Waals surface area (Å²) in [7, 11) is 0. The van der Waals surface area contributed by atoms with E-state index in [4.69, 9.17) is 4.74 Å². The highest BCUT2D eigenvalue weighted by Crippen LogP contribution is 2.48. The number of benzene rings is 1. The van der Waals surface area contributed by atoms with Gasteiger partial charge in [-0.15, -0.1) is 5.10 Å². The molecule has 4 aliphatic rings. The van der Waals surface area contributed by atoms with Crippen molar-refractivity contribution in [3.63, 3.8) is 0 Å². The maximum atomic E-state index is 14.1. The molecule has 8 nitrogen and oxygen atoms in total. The predicted molar refractivity (Wildman–Crippen MR) is 121 cm³/mol. The lowest BCUT2D eigenvalue weighted by atomic mass is 9.79. The molecule has 11 heteroatoms. The van der Waals surface area contributed by atoms with Crippen LogP contribution in [0.25, 0.3) is 0 Å². The molecule has 4 fully saturated rings. The van der Waals surface area contributed by atoms with Gasteiger partial charge in [0.15, 0.2) is 17.5 Å². The first kappa shape index (κ1) is 26.6. The van der Waals surface area contributed by atoms with Crippen LogP contribution in [0.15, 0.2) is 48.7 Å². The number of anilines is 1. The second-order valence-corrected chi connectivity index (χ2v) is 10.0. The smallest absolute Gasteiger partial charge is 0.422 e. The van der Waals surface area contributed by atoms with Crippen LogP contribution in [0.1, 0.15) is 37.7 Å². The van der Waals surface area contributed by atoms with E-state index in [0.717, 1.165) is 0 Å². The van der Waals surface area contributed by atoms with Gasteiger partial charge in [0.2, 0.25) is 5.92 Å². The van der Waals surface area contributed by atoms with Crippen LogP contribution in [0.5, 0.6) is 0 Å². The minimum atomic E-state index is -2.93. The number of halogens is 3. The van der Waals surface area contributed by atoms with E-state index in [2.05, 4.69) is 15.5 Å². The molecule has 1 saturated carbocycles. The lowest BCUT2D eigenvalue weighted by Gasteiger charge is -2.49. The van der Waals surface area contributed by atoms with Crippen molar-refractivity contribution >= 4 is 17.8 Å². The highest BCUT2D eigenvalue weighted by molar-refractivity contribution is 5.83. The Balaban J connectivity index is 0.00000304. The number of nitrogens with zero attached hydrogens (tertiary/aromatic N) is 3. The number of hydrogen-bond donors (Lipinski definition) is 2. The van der Waals surface area contributed by atoms with Crippen LogP contribution in [0.2, 0.25) is 0 Å². The topological polar surface area (TPSA) is 101 Å². The summed E-state index contributed by atoms with van der Waals surface area (Å²) in [6.07, 6.45) is 1.32. The summed E-state index contributed by atoms with van der Waals surface area (Å²) in [5.74, 6) is -4.42. The van der Waals surface area contributed by atoms with Crippen molar-refractivity contribution in [2.24, 2.45) is 11.8 Å². The summed E-state index contributed by atoms with van der Waals surface area (Å²) in [4.78, 5) is 26.7. The molecule has 2 amide bonds. The van der Waals surface area contributed by atoms with E-state index in [1.54, 1.807) is 42.5 Å². The Labute approximate surface area is 218 Å². The van der Waals surface area contributed by atoms with E-state index in [-0.39, 0.29) is 58.4 Å². The second-order valence-electron chi connectivity index (χ2n) is 10.0. The Bertz CT molecular complexity index is 1090. The first-order chi connectivity index (χ1) is 16.7. The van der Waals surface area contributed by atoms with Crippen molar-refractivity contribution in [2.75, 3.05) is 25.0 Å². The fourth-order valence-electron chi connectivity index (χ4n) is 5.89. The molecule has 194 valence electrons. The number of amides is 2. The van der Waals surface area contributed by atoms with Gasteiger partial charge in [-0.05, 0) is 24.1 Å². The Morgan fingerprint density at radius 3 is 2.44 bits per heavy atom. The van der Waals surface area contributed by atoms with E-state index in [9.17, 15) is 23.5 Å². The zero-order valence-corrected chi connectivity index (χ0v) is 21.2. The SMILES string of the molecule is O=C(OC1C[N+]2(C(=O)Nc3cccnn3)CCC1CC2)[C@](O)(c1ccccc1)C1CCC(F)(F)C1.[Br-]. The van der Waals surface area contributed by atoms with Gasteiger partial charge < -0.3 is 26.8 Å². The van der Waals surface area contributed by atoms with Crippen LogP contribution in [-0.4, -0.2) is 63.4 Å². The number of urea groups is 1. The summed E-state index contributed by atoms with van der Waals surface area (Å²) in [6.45, 7) is 1.46. The van der Waals surface area contributed by atoms with Gasteiger partial charge in [0.25, 0.3) is 0 Å². The maximum Gasteiger partial charge on any atom is 0.422 e. The second kappa shape index (κ2) is 10.1. The van der Waals surface area contributed by atoms with Crippen molar-refractivity contribution in [2.45, 2.75) is 49.7 Å². The number of ether oxygens (including phenoxy) is 1. The van der Waals surface area contributed by atoms with Crippen LogP contribution in [-0.2, 0) is 15.1 Å². The molecular weight excluding hydrogens is 538 g/mol. The Morgan fingerprint density at radius 2 is 1.83 bits per heavy atom. The van der Waals surface area contributed by atoms with Gasteiger partial charge in [-0.25, -0.2) is 22.9 Å². The van der Waals surface area contributed by atoms with Crippen LogP contribution in [0.3, 0.4) is 0 Å². The third-order valence-electron chi connectivity index (χ3n) is 7.93. The van der Waals surface area contributed by atoms with Crippen molar-refractivity contribution in [1.29, 1.82) is 0 Å². The summed E-state index contributed by atoms with van der Waals surface area (Å²) in [6, 6.07) is 11.3. The molecule has 4 heterocycles. The van der Waals surface area contributed by atoms with Crippen molar-refractivity contribution in [1.82, 2.24) is 10.2 Å². The molecule has 6 rings (SSSR count). The average molecular weight is 567 g/mol. The number of esters is 1. The van der Waals surface area contributed by atoms with Crippen molar-refractivity contribution in [3.05, 3.63) is 54.2 Å². The maximum absolute atomic E-state index is 14.1. The largest absolute Gasteiger partial charge is 1.00 e. The van der Waals surface area contributed by atoms with E-state index in [1.165, 1.54) is 6.20 Å². The van der Waals surface area contributed by atoms with Crippen LogP contribution in [0, 0.1) is 11.8 Å². The first-order valence-corrected chi connectivity index (χ1v) is 12.0. The van der Waals surface area contributed by atoms with Gasteiger partial charge in [-0.3, -0.25) is 5.32 Å². The molecule has 0 spiro atoms. The van der Waals surface area contributed by atoms with Crippen LogP contribution in [0.4, 0.5) is 19.4 Å². The van der Waals surface area contributed by atoms with E-state index in [1.807, 2.05) is 0 Å². The highest BCUT2D eigenvalue weighted by atomic mass is 79.9. The number of carbonyl (C=O) groups is 2. The number of nitrogens with one attached hydrogen (secondary N) is 1. The summed E-state index contributed by atoms with van der Waals surface area (Å²) >= 11 is 0. The lowest BCUT2D eigenvalue weighted by Crippen LogP contribution is -3.00. The number of quaternary nitrogens is 1. The molecule has 36 heavy (non-hydrogen) atoms. The zero-order chi connectivity index (χ0) is 24.7. The molecule has 2 N–H and O–H groups in total. The zero-order valence-electron chi connectivity index (χ0n) is 19.7. The summed E-state index contributed by atoms with van der Waals surface area (Å²) < 4.78 is 34.1. The molecule has 1 aliphatic carbocycles. The quantitative estimate of drug-likeness (QED) is 0.403. The molecule has 3 saturated heterocycles. The lowest BCUT2D eigenvalue weighted by molar-refractivity contribution is -0.869. The van der Waals surface area contributed by atoms with Gasteiger partial charge in [0.05, 0.1) is 13.1 Å². The fourth-order valence-corrected chi connectivity index (χ4v) is 5.89. The number of hydrogen-bond acceptors (Lipinski definition) is 6. The molecule has 3 aliphatic heterocycles. The van der Waals surface area contributed by atoms with Crippen LogP contribution >= 0.6 is 0 Å². The summed E-state index contributed by atoms with van der Waals surface area (Å²) in [5.41, 5.74) is -1.93. The fraction of sp³-hybridized carbons (Fsp3) is 0.520. The van der Waals surface area contributed by atoms with Crippen LogP contribution < -0.4 is 22.3 Å². The molecule has 1 aromatic heterocycles. The third kappa shape index (κ3) is 4.88. The van der Waals surface area contributed by atoms with Crippen molar-refractivity contribution < 1.29 is 49.7 Å². The molecule has 0 radical (unpaired) electrons. The number of carbonyl (C=O) groups excluding carboxylic acids is 2. The normalized spacial score (nSPS) is 30.0. The number of aliphatic hydroxyl groups is 1. The molecule has 1 aromatic carbocycles. The van der Waals surface area contributed by atoms with Gasteiger partial charge in [-0.1, -0.05) is 30.3 Å². The standard InChI is InChI=1S/C25H28F2N4O4.BrH/c26-24(27)11-8-19(15-24)25(34,18-5-2-1-3-6-18)22(32)35-20-16-31(13-9-17(20)10-14-31)23(33)29-21-7-4-12-28-30-21;/h1-7,12,17,19-20,34H,8-11,13-16H2;1H/t17?,19?,20?,25-,31?;/m0./s1. The number of rotatable bonds is 5. The number of alkyl halides is 2. The third-order valence-corrected chi connectivity index (χ3v) is 7.93. The number of aromatic nitrogens is 2. The van der Waals surface area contributed by atoms with E-state index >= 15 is 0 Å².